The molecule has 2 fully saturated rings. The van der Waals surface area contributed by atoms with E-state index >= 15 is 0 Å². The largest absolute Gasteiger partial charge is 0.355 e. The molecule has 1 amide bonds. The van der Waals surface area contributed by atoms with Crippen LogP contribution in [0.25, 0.3) is 0 Å². The lowest BCUT2D eigenvalue weighted by Gasteiger charge is -2.26. The molecular formula is C12H22N2OS. The molecule has 2 aliphatic rings. The Morgan fingerprint density at radius 1 is 1.44 bits per heavy atom. The average molecular weight is 242 g/mol. The minimum absolute atomic E-state index is 0.212. The number of nitrogens with one attached hydrogen (secondary N) is 1. The summed E-state index contributed by atoms with van der Waals surface area (Å²) >= 11 is 1.99. The molecule has 2 rings (SSSR count). The number of amides is 1. The van der Waals surface area contributed by atoms with Crippen LogP contribution in [0.1, 0.15) is 32.1 Å². The van der Waals surface area contributed by atoms with E-state index in [4.69, 9.17) is 5.73 Å². The highest BCUT2D eigenvalue weighted by Crippen LogP contribution is 2.37. The zero-order valence-corrected chi connectivity index (χ0v) is 10.7. The van der Waals surface area contributed by atoms with Gasteiger partial charge in [0.15, 0.2) is 0 Å². The van der Waals surface area contributed by atoms with Crippen molar-refractivity contribution in [3.05, 3.63) is 0 Å². The number of rotatable bonds is 4. The first-order valence-electron chi connectivity index (χ1n) is 6.33. The number of carbonyl (C=O) groups excluding carboxylic acids is 1. The van der Waals surface area contributed by atoms with Gasteiger partial charge in [-0.1, -0.05) is 12.8 Å². The van der Waals surface area contributed by atoms with E-state index in [0.29, 0.717) is 12.5 Å². The second-order valence-corrected chi connectivity index (χ2v) is 6.28. The molecular weight excluding hydrogens is 220 g/mol. The predicted octanol–water partition coefficient (Wildman–Crippen LogP) is 1.37. The minimum atomic E-state index is -0.230. The Morgan fingerprint density at radius 3 is 2.75 bits per heavy atom. The molecule has 0 aromatic carbocycles. The molecule has 0 spiro atoms. The maximum Gasteiger partial charge on any atom is 0.227 e. The third-order valence-electron chi connectivity index (χ3n) is 4.01. The number of carbonyl (C=O) groups is 1. The third kappa shape index (κ3) is 2.54. The molecule has 1 atom stereocenters. The molecule has 3 nitrogen and oxygen atoms in total. The van der Waals surface area contributed by atoms with Crippen molar-refractivity contribution < 1.29 is 4.79 Å². The third-order valence-corrected chi connectivity index (χ3v) is 5.24. The van der Waals surface area contributed by atoms with Gasteiger partial charge in [0.2, 0.25) is 5.91 Å². The van der Waals surface area contributed by atoms with Crippen molar-refractivity contribution in [1.29, 1.82) is 0 Å². The molecule has 1 saturated heterocycles. The highest BCUT2D eigenvalue weighted by Gasteiger charge is 2.39. The van der Waals surface area contributed by atoms with Crippen LogP contribution in [0.15, 0.2) is 0 Å². The molecule has 0 bridgehead atoms. The lowest BCUT2D eigenvalue weighted by molar-refractivity contribution is -0.130. The summed E-state index contributed by atoms with van der Waals surface area (Å²) in [6, 6.07) is 0. The Kier molecular flexibility index (Phi) is 4.14. The van der Waals surface area contributed by atoms with Gasteiger partial charge in [-0.3, -0.25) is 4.79 Å². The summed E-state index contributed by atoms with van der Waals surface area (Å²) in [7, 11) is 0. The number of nitrogens with two attached hydrogens (primary N) is 1. The summed E-state index contributed by atoms with van der Waals surface area (Å²) in [5.41, 5.74) is 5.56. The Labute approximate surface area is 102 Å². The molecule has 3 N–H and O–H groups in total. The van der Waals surface area contributed by atoms with Gasteiger partial charge in [-0.15, -0.1) is 0 Å². The molecule has 0 radical (unpaired) electrons. The quantitative estimate of drug-likeness (QED) is 0.783. The van der Waals surface area contributed by atoms with E-state index in [9.17, 15) is 4.79 Å². The van der Waals surface area contributed by atoms with Crippen molar-refractivity contribution >= 4 is 17.7 Å². The molecule has 0 aromatic heterocycles. The summed E-state index contributed by atoms with van der Waals surface area (Å²) in [6.07, 6.45) is 5.53. The van der Waals surface area contributed by atoms with Gasteiger partial charge in [-0.05, 0) is 36.7 Å². The van der Waals surface area contributed by atoms with E-state index in [1.165, 1.54) is 17.9 Å². The molecule has 0 aromatic rings. The second kappa shape index (κ2) is 5.41. The summed E-state index contributed by atoms with van der Waals surface area (Å²) in [5, 5.41) is 3.13. The van der Waals surface area contributed by atoms with Gasteiger partial charge in [-0.25, -0.2) is 0 Å². The van der Waals surface area contributed by atoms with Gasteiger partial charge >= 0.3 is 0 Å². The molecule has 1 unspecified atom stereocenters. The van der Waals surface area contributed by atoms with Crippen LogP contribution in [-0.4, -0.2) is 30.5 Å². The van der Waals surface area contributed by atoms with E-state index in [1.54, 1.807) is 0 Å². The fourth-order valence-electron chi connectivity index (χ4n) is 2.74. The monoisotopic (exact) mass is 242 g/mol. The molecule has 16 heavy (non-hydrogen) atoms. The molecule has 92 valence electrons. The first-order chi connectivity index (χ1) is 7.77. The van der Waals surface area contributed by atoms with Crippen molar-refractivity contribution in [2.45, 2.75) is 32.1 Å². The first kappa shape index (κ1) is 12.2. The minimum Gasteiger partial charge on any atom is -0.355 e. The van der Waals surface area contributed by atoms with Crippen LogP contribution in [-0.2, 0) is 4.79 Å². The first-order valence-corrected chi connectivity index (χ1v) is 7.48. The topological polar surface area (TPSA) is 55.1 Å². The molecule has 4 heteroatoms. The zero-order valence-electron chi connectivity index (χ0n) is 9.84. The van der Waals surface area contributed by atoms with Crippen LogP contribution in [0.3, 0.4) is 0 Å². The standard InChI is InChI=1S/C12H22N2OS/c13-9-12(4-1-2-5-12)11(15)14-7-10-3-6-16-8-10/h10H,1-9,13H2,(H,14,15). The van der Waals surface area contributed by atoms with E-state index < -0.39 is 0 Å². The highest BCUT2D eigenvalue weighted by molar-refractivity contribution is 7.99. The Morgan fingerprint density at radius 2 is 2.19 bits per heavy atom. The van der Waals surface area contributed by atoms with Gasteiger partial charge in [0.25, 0.3) is 0 Å². The van der Waals surface area contributed by atoms with E-state index in [-0.39, 0.29) is 11.3 Å². The van der Waals surface area contributed by atoms with Crippen molar-refractivity contribution in [1.82, 2.24) is 5.32 Å². The summed E-state index contributed by atoms with van der Waals surface area (Å²) < 4.78 is 0. The zero-order chi connectivity index (χ0) is 11.4. The van der Waals surface area contributed by atoms with Crippen molar-refractivity contribution in [3.63, 3.8) is 0 Å². The highest BCUT2D eigenvalue weighted by atomic mass is 32.2. The van der Waals surface area contributed by atoms with Gasteiger partial charge in [-0.2, -0.15) is 11.8 Å². The van der Waals surface area contributed by atoms with Crippen molar-refractivity contribution in [2.75, 3.05) is 24.6 Å². The predicted molar refractivity (Wildman–Crippen MR) is 68.4 cm³/mol. The average Bonchev–Trinajstić information content (AvgIpc) is 2.97. The van der Waals surface area contributed by atoms with E-state index in [2.05, 4.69) is 5.32 Å². The molecule has 1 aliphatic heterocycles. The number of hydrogen-bond donors (Lipinski definition) is 2. The Hall–Kier alpha value is -0.220. The van der Waals surface area contributed by atoms with Gasteiger partial charge in [0.05, 0.1) is 5.41 Å². The van der Waals surface area contributed by atoms with Crippen molar-refractivity contribution in [2.24, 2.45) is 17.1 Å². The van der Waals surface area contributed by atoms with Gasteiger partial charge in [0.1, 0.15) is 0 Å². The summed E-state index contributed by atoms with van der Waals surface area (Å²) in [5.74, 6) is 3.35. The van der Waals surface area contributed by atoms with Crippen LogP contribution in [0.4, 0.5) is 0 Å². The maximum atomic E-state index is 12.2. The van der Waals surface area contributed by atoms with Crippen molar-refractivity contribution in [3.8, 4) is 0 Å². The Balaban J connectivity index is 1.81. The number of thioether (sulfide) groups is 1. The smallest absolute Gasteiger partial charge is 0.227 e. The van der Waals surface area contributed by atoms with E-state index in [0.717, 1.165) is 32.2 Å². The fraction of sp³-hybridized carbons (Fsp3) is 0.917. The number of hydrogen-bond acceptors (Lipinski definition) is 3. The second-order valence-electron chi connectivity index (χ2n) is 5.13. The Bertz CT molecular complexity index is 245. The fourth-order valence-corrected chi connectivity index (χ4v) is 4.03. The van der Waals surface area contributed by atoms with Gasteiger partial charge < -0.3 is 11.1 Å². The summed E-state index contributed by atoms with van der Waals surface area (Å²) in [6.45, 7) is 1.37. The van der Waals surface area contributed by atoms with E-state index in [1.807, 2.05) is 11.8 Å². The van der Waals surface area contributed by atoms with Crippen LogP contribution in [0, 0.1) is 11.3 Å². The van der Waals surface area contributed by atoms with Crippen LogP contribution < -0.4 is 11.1 Å². The van der Waals surface area contributed by atoms with Crippen LogP contribution in [0.2, 0.25) is 0 Å². The van der Waals surface area contributed by atoms with Crippen LogP contribution in [0.5, 0.6) is 0 Å². The normalized spacial score (nSPS) is 28.2. The SMILES string of the molecule is NCC1(C(=O)NCC2CCSC2)CCCC1. The molecule has 1 heterocycles. The van der Waals surface area contributed by atoms with Crippen LogP contribution >= 0.6 is 11.8 Å². The van der Waals surface area contributed by atoms with Gasteiger partial charge in [0, 0.05) is 13.1 Å². The summed E-state index contributed by atoms with van der Waals surface area (Å²) in [4.78, 5) is 12.2. The maximum absolute atomic E-state index is 12.2. The molecule has 1 aliphatic carbocycles. The molecule has 1 saturated carbocycles. The lowest BCUT2D eigenvalue weighted by atomic mass is 9.85. The lowest BCUT2D eigenvalue weighted by Crippen LogP contribution is -2.45.